The lowest BCUT2D eigenvalue weighted by molar-refractivity contribution is -0.147. The van der Waals surface area contributed by atoms with E-state index in [2.05, 4.69) is 60.2 Å². The summed E-state index contributed by atoms with van der Waals surface area (Å²) in [6.07, 6.45) is -0.964. The van der Waals surface area contributed by atoms with E-state index in [1.165, 1.54) is 0 Å². The molecule has 3 aromatic rings. The van der Waals surface area contributed by atoms with Crippen molar-refractivity contribution >= 4 is 44.9 Å². The summed E-state index contributed by atoms with van der Waals surface area (Å²) in [7, 11) is -2.89. The van der Waals surface area contributed by atoms with Gasteiger partial charge in [-0.2, -0.15) is 0 Å². The Bertz CT molecular complexity index is 1690. The van der Waals surface area contributed by atoms with Gasteiger partial charge in [-0.05, 0) is 62.7 Å². The molecule has 278 valence electrons. The van der Waals surface area contributed by atoms with Crippen LogP contribution in [0.5, 0.6) is 5.75 Å². The minimum Gasteiger partial charge on any atom is -0.489 e. The fourth-order valence-electron chi connectivity index (χ4n) is 5.84. The number of ether oxygens (including phenoxy) is 3. The van der Waals surface area contributed by atoms with Gasteiger partial charge in [-0.25, -0.2) is 4.79 Å². The first-order valence-electron chi connectivity index (χ1n) is 17.7. The maximum atomic E-state index is 13.8. The van der Waals surface area contributed by atoms with Gasteiger partial charge in [-0.3, -0.25) is 25.2 Å². The lowest BCUT2D eigenvalue weighted by atomic mass is 9.82. The largest absolute Gasteiger partial charge is 0.489 e. The molecule has 1 aliphatic rings. The maximum absolute atomic E-state index is 13.8. The van der Waals surface area contributed by atoms with Gasteiger partial charge in [0.2, 0.25) is 5.91 Å². The van der Waals surface area contributed by atoms with E-state index in [0.717, 1.165) is 34.2 Å². The van der Waals surface area contributed by atoms with Crippen LogP contribution >= 0.6 is 0 Å². The molecule has 0 spiro atoms. The Balaban J connectivity index is 1.44. The monoisotopic (exact) mass is 736 g/mol. The predicted molar refractivity (Wildman–Crippen MR) is 205 cm³/mol. The van der Waals surface area contributed by atoms with E-state index < -0.39 is 63.8 Å². The first kappa shape index (κ1) is 40.1. The number of nitrogens with one attached hydrogen (secondary N) is 3. The Morgan fingerprint density at radius 2 is 1.55 bits per heavy atom. The average molecular weight is 737 g/mol. The van der Waals surface area contributed by atoms with E-state index >= 15 is 0 Å². The summed E-state index contributed by atoms with van der Waals surface area (Å²) in [4.78, 5) is 44.9. The third-order valence-corrected chi connectivity index (χ3v) is 12.8. The van der Waals surface area contributed by atoms with Crippen LogP contribution in [0.2, 0.25) is 51.4 Å². The van der Waals surface area contributed by atoms with Crippen molar-refractivity contribution in [3.05, 3.63) is 71.4 Å². The fourth-order valence-corrected chi connectivity index (χ4v) is 7.27. The van der Waals surface area contributed by atoms with Crippen LogP contribution in [0.4, 0.5) is 0 Å². The fraction of sp³-hybridized carbons (Fsp3) is 0.526. The summed E-state index contributed by atoms with van der Waals surface area (Å²) < 4.78 is 17.4. The zero-order chi connectivity index (χ0) is 37.6. The molecule has 4 rings (SSSR count). The molecule has 2 aromatic carbocycles. The minimum absolute atomic E-state index is 0.0264. The van der Waals surface area contributed by atoms with Gasteiger partial charge < -0.3 is 24.6 Å². The zero-order valence-corrected chi connectivity index (χ0v) is 33.6. The molecule has 0 radical (unpaired) electrons. The first-order valence-corrected chi connectivity index (χ1v) is 25.1. The molecule has 1 aromatic heterocycles. The van der Waals surface area contributed by atoms with Crippen molar-refractivity contribution in [1.82, 2.24) is 20.9 Å². The van der Waals surface area contributed by atoms with Crippen molar-refractivity contribution in [2.75, 3.05) is 26.4 Å². The molecule has 0 aliphatic carbocycles. The number of hydrogen-bond acceptors (Lipinski definition) is 10. The quantitative estimate of drug-likeness (QED) is 0.118. The van der Waals surface area contributed by atoms with Gasteiger partial charge in [0.05, 0.1) is 36.3 Å². The van der Waals surface area contributed by atoms with Crippen molar-refractivity contribution in [2.45, 2.75) is 102 Å². The first-order chi connectivity index (χ1) is 23.8. The summed E-state index contributed by atoms with van der Waals surface area (Å²) in [6.45, 7) is 19.0. The van der Waals surface area contributed by atoms with Crippen molar-refractivity contribution in [1.29, 1.82) is 0 Å². The SMILES string of the molecule is Cc1cc(COc2ccc(C(C)(CO)C(=O)NCC3(C)NC(C(=O)OCC[Si](C)(C)C)NC3C(=O)OCC[Si](C)(C)C)cc2)c2ccccc2n1. The highest BCUT2D eigenvalue weighted by atomic mass is 28.3. The number of pyridine rings is 1. The molecular weight excluding hydrogens is 681 g/mol. The summed E-state index contributed by atoms with van der Waals surface area (Å²) >= 11 is 0. The highest BCUT2D eigenvalue weighted by Gasteiger charge is 2.51. The number of aliphatic hydroxyl groups excluding tert-OH is 1. The second-order valence-corrected chi connectivity index (χ2v) is 27.7. The molecule has 4 N–H and O–H groups in total. The number of para-hydroxylation sites is 1. The van der Waals surface area contributed by atoms with Gasteiger partial charge >= 0.3 is 11.9 Å². The van der Waals surface area contributed by atoms with Crippen LogP contribution in [0.25, 0.3) is 10.9 Å². The van der Waals surface area contributed by atoms with Crippen LogP contribution < -0.4 is 20.7 Å². The number of rotatable bonds is 16. The highest BCUT2D eigenvalue weighted by molar-refractivity contribution is 6.76. The molecule has 11 nitrogen and oxygen atoms in total. The molecule has 1 fully saturated rings. The van der Waals surface area contributed by atoms with Gasteiger partial charge in [0, 0.05) is 39.3 Å². The van der Waals surface area contributed by atoms with Gasteiger partial charge in [0.25, 0.3) is 0 Å². The highest BCUT2D eigenvalue weighted by Crippen LogP contribution is 2.28. The maximum Gasteiger partial charge on any atom is 0.338 e. The molecule has 51 heavy (non-hydrogen) atoms. The summed E-state index contributed by atoms with van der Waals surface area (Å²) in [5.41, 5.74) is 1.02. The molecule has 4 unspecified atom stereocenters. The molecule has 1 aliphatic heterocycles. The number of carbonyl (C=O) groups is 3. The normalized spacial score (nSPS) is 20.4. The third kappa shape index (κ3) is 10.7. The van der Waals surface area contributed by atoms with E-state index in [1.54, 1.807) is 38.1 Å². The predicted octanol–water partition coefficient (Wildman–Crippen LogP) is 4.90. The number of aryl methyl sites for hydroxylation is 1. The number of amides is 1. The van der Waals surface area contributed by atoms with Crippen LogP contribution in [0.15, 0.2) is 54.6 Å². The van der Waals surface area contributed by atoms with E-state index in [4.69, 9.17) is 14.2 Å². The number of carbonyl (C=O) groups excluding carboxylic acids is 3. The summed E-state index contributed by atoms with van der Waals surface area (Å²) in [5, 5.41) is 20.8. The molecule has 13 heteroatoms. The molecule has 2 heterocycles. The van der Waals surface area contributed by atoms with E-state index in [1.807, 2.05) is 37.3 Å². The number of benzene rings is 2. The van der Waals surface area contributed by atoms with Crippen LogP contribution in [0.3, 0.4) is 0 Å². The van der Waals surface area contributed by atoms with Crippen LogP contribution in [-0.2, 0) is 35.9 Å². The van der Waals surface area contributed by atoms with Gasteiger partial charge in [0.15, 0.2) is 6.17 Å². The van der Waals surface area contributed by atoms with Gasteiger partial charge in [-0.1, -0.05) is 69.6 Å². The standard InChI is InChI=1S/C38H56N4O7Si2/c1-26-22-27(30-12-10-11-13-31(30)40-26)23-49-29-16-14-28(15-17-29)37(2,25-43)36(46)39-24-38(3)32(34(44)47-18-20-50(4,5)6)41-33(42-38)35(45)48-19-21-51(7,8)9/h10-17,22,32-33,41-43H,18-21,23-25H2,1-9H3,(H,39,46). The molecular formula is C38H56N4O7Si2. The molecule has 4 atom stereocenters. The Morgan fingerprint density at radius 3 is 2.16 bits per heavy atom. The molecule has 1 saturated heterocycles. The second-order valence-electron chi connectivity index (χ2n) is 16.5. The van der Waals surface area contributed by atoms with Crippen molar-refractivity contribution < 1.29 is 33.7 Å². The number of nitrogens with zero attached hydrogens (tertiary/aromatic N) is 1. The summed E-state index contributed by atoms with van der Waals surface area (Å²) in [6, 6.07) is 17.7. The molecule has 0 bridgehead atoms. The zero-order valence-electron chi connectivity index (χ0n) is 31.6. The Kier molecular flexibility index (Phi) is 12.9. The average Bonchev–Trinajstić information content (AvgIpc) is 3.42. The van der Waals surface area contributed by atoms with Crippen molar-refractivity contribution in [3.8, 4) is 5.75 Å². The lowest BCUT2D eigenvalue weighted by Gasteiger charge is -2.33. The molecule has 0 saturated carbocycles. The van der Waals surface area contributed by atoms with E-state index in [0.29, 0.717) is 24.5 Å². The lowest BCUT2D eigenvalue weighted by Crippen LogP contribution is -2.60. The Morgan fingerprint density at radius 1 is 0.941 bits per heavy atom. The smallest absolute Gasteiger partial charge is 0.338 e. The number of fused-ring (bicyclic) bond motifs is 1. The Labute approximate surface area is 304 Å². The van der Waals surface area contributed by atoms with Crippen molar-refractivity contribution in [3.63, 3.8) is 0 Å². The molecule has 1 amide bonds. The number of esters is 2. The van der Waals surface area contributed by atoms with Gasteiger partial charge in [-0.15, -0.1) is 0 Å². The topological polar surface area (TPSA) is 148 Å². The van der Waals surface area contributed by atoms with E-state index in [-0.39, 0.29) is 13.2 Å². The second kappa shape index (κ2) is 16.4. The van der Waals surface area contributed by atoms with Crippen LogP contribution in [-0.4, -0.2) is 88.2 Å². The minimum atomic E-state index is -1.46. The number of hydrogen-bond donors (Lipinski definition) is 4. The third-order valence-electron chi connectivity index (χ3n) is 9.36. The van der Waals surface area contributed by atoms with Crippen LogP contribution in [0, 0.1) is 6.92 Å². The Hall–Kier alpha value is -3.63. The number of aromatic nitrogens is 1. The van der Waals surface area contributed by atoms with E-state index in [9.17, 15) is 19.5 Å². The van der Waals surface area contributed by atoms with Gasteiger partial charge in [0.1, 0.15) is 18.4 Å². The van der Waals surface area contributed by atoms with Crippen LogP contribution in [0.1, 0.15) is 30.7 Å². The summed E-state index contributed by atoms with van der Waals surface area (Å²) in [5.74, 6) is -0.847. The van der Waals surface area contributed by atoms with Crippen molar-refractivity contribution in [2.24, 2.45) is 0 Å². The number of aliphatic hydroxyl groups is 1.